The van der Waals surface area contributed by atoms with Gasteiger partial charge in [-0.3, -0.25) is 4.79 Å². The average Bonchev–Trinajstić information content (AvgIpc) is 3.27. The predicted molar refractivity (Wildman–Crippen MR) is 88.6 cm³/mol. The molecule has 0 radical (unpaired) electrons. The Kier molecular flexibility index (Phi) is 4.12. The third-order valence-corrected chi connectivity index (χ3v) is 4.86. The minimum atomic E-state index is -0.378. The van der Waals surface area contributed by atoms with Crippen LogP contribution in [0.3, 0.4) is 0 Å². The van der Waals surface area contributed by atoms with E-state index in [9.17, 15) is 9.18 Å². The van der Waals surface area contributed by atoms with Crippen molar-refractivity contribution in [1.29, 1.82) is 0 Å². The number of halogens is 1. The lowest BCUT2D eigenvalue weighted by molar-refractivity contribution is -0.0448. The largest absolute Gasteiger partial charge is 0.371 e. The van der Waals surface area contributed by atoms with E-state index < -0.39 is 0 Å². The van der Waals surface area contributed by atoms with E-state index >= 15 is 0 Å². The van der Waals surface area contributed by atoms with Gasteiger partial charge in [-0.25, -0.2) is 14.4 Å². The number of carbonyl (C=O) groups is 1. The number of nitrogens with zero attached hydrogens (tertiary/aromatic N) is 3. The molecule has 2 aromatic heterocycles. The van der Waals surface area contributed by atoms with Crippen molar-refractivity contribution in [3.8, 4) is 0 Å². The predicted octanol–water partition coefficient (Wildman–Crippen LogP) is 1.82. The van der Waals surface area contributed by atoms with Crippen molar-refractivity contribution in [2.45, 2.75) is 30.9 Å². The first-order chi connectivity index (χ1) is 12.2. The summed E-state index contributed by atoms with van der Waals surface area (Å²) in [6, 6.07) is 2.92. The van der Waals surface area contributed by atoms with Crippen molar-refractivity contribution in [2.75, 3.05) is 25.0 Å². The van der Waals surface area contributed by atoms with Gasteiger partial charge in [0, 0.05) is 19.2 Å². The van der Waals surface area contributed by atoms with E-state index in [0.29, 0.717) is 25.4 Å². The first kappa shape index (κ1) is 16.0. The molecule has 1 amide bonds. The molecule has 2 aromatic rings. The average molecular weight is 345 g/mol. The number of amides is 1. The molecule has 132 valence electrons. The second kappa shape index (κ2) is 6.44. The van der Waals surface area contributed by atoms with Crippen molar-refractivity contribution in [3.63, 3.8) is 0 Å². The summed E-state index contributed by atoms with van der Waals surface area (Å²) in [7, 11) is 0. The number of pyridine rings is 1. The van der Waals surface area contributed by atoms with E-state index in [1.165, 1.54) is 18.6 Å². The van der Waals surface area contributed by atoms with Gasteiger partial charge >= 0.3 is 0 Å². The Balaban J connectivity index is 1.42. The first-order valence-corrected chi connectivity index (χ1v) is 8.44. The standard InChI is InChI=1S/C17H20FN5O2/c18-13-3-1-5-20-15(13)22-12-7-17(25-9-12)4-2-6-23(10-17)16(24)14-8-19-11-21-14/h1,3,5,8,11-12H,2,4,6-7,9-10H2,(H,19,21)(H,20,22). The lowest BCUT2D eigenvalue weighted by Gasteiger charge is -2.39. The van der Waals surface area contributed by atoms with Gasteiger partial charge in [0.25, 0.3) is 5.91 Å². The maximum Gasteiger partial charge on any atom is 0.272 e. The molecule has 2 N–H and O–H groups in total. The monoisotopic (exact) mass is 345 g/mol. The normalized spacial score (nSPS) is 26.1. The van der Waals surface area contributed by atoms with Gasteiger partial charge in [-0.15, -0.1) is 0 Å². The Bertz CT molecular complexity index is 753. The number of hydrogen-bond acceptors (Lipinski definition) is 5. The van der Waals surface area contributed by atoms with Crippen LogP contribution in [0.25, 0.3) is 0 Å². The van der Waals surface area contributed by atoms with Crippen LogP contribution in [0.5, 0.6) is 0 Å². The molecule has 0 saturated carbocycles. The molecule has 4 rings (SSSR count). The summed E-state index contributed by atoms with van der Waals surface area (Å²) >= 11 is 0. The van der Waals surface area contributed by atoms with E-state index in [2.05, 4.69) is 20.3 Å². The van der Waals surface area contributed by atoms with E-state index in [1.54, 1.807) is 17.2 Å². The quantitative estimate of drug-likeness (QED) is 0.887. The molecule has 2 atom stereocenters. The summed E-state index contributed by atoms with van der Waals surface area (Å²) in [4.78, 5) is 25.1. The molecule has 2 saturated heterocycles. The number of ether oxygens (including phenoxy) is 1. The number of carbonyl (C=O) groups excluding carboxylic acids is 1. The third kappa shape index (κ3) is 3.21. The van der Waals surface area contributed by atoms with Gasteiger partial charge in [0.15, 0.2) is 11.6 Å². The van der Waals surface area contributed by atoms with Gasteiger partial charge in [0.05, 0.1) is 37.3 Å². The van der Waals surface area contributed by atoms with Crippen LogP contribution in [0.4, 0.5) is 10.2 Å². The Hall–Kier alpha value is -2.48. The molecule has 0 aromatic carbocycles. The molecular formula is C17H20FN5O2. The van der Waals surface area contributed by atoms with Gasteiger partial charge in [0.1, 0.15) is 5.69 Å². The fourth-order valence-electron chi connectivity index (χ4n) is 3.72. The zero-order chi connectivity index (χ0) is 17.3. The molecular weight excluding hydrogens is 325 g/mol. The van der Waals surface area contributed by atoms with E-state index in [-0.39, 0.29) is 29.2 Å². The summed E-state index contributed by atoms with van der Waals surface area (Å²) in [6.45, 7) is 1.71. The molecule has 0 bridgehead atoms. The molecule has 8 heteroatoms. The number of anilines is 1. The van der Waals surface area contributed by atoms with Crippen molar-refractivity contribution < 1.29 is 13.9 Å². The lowest BCUT2D eigenvalue weighted by Crippen LogP contribution is -2.50. The number of piperidine rings is 1. The van der Waals surface area contributed by atoms with Crippen molar-refractivity contribution in [1.82, 2.24) is 19.9 Å². The fourth-order valence-corrected chi connectivity index (χ4v) is 3.72. The number of aromatic amines is 1. The maximum absolute atomic E-state index is 13.8. The zero-order valence-corrected chi connectivity index (χ0v) is 13.7. The molecule has 1 spiro atoms. The number of H-pyrrole nitrogens is 1. The van der Waals surface area contributed by atoms with Gasteiger partial charge in [-0.1, -0.05) is 0 Å². The molecule has 7 nitrogen and oxygen atoms in total. The number of nitrogens with one attached hydrogen (secondary N) is 2. The molecule has 25 heavy (non-hydrogen) atoms. The molecule has 4 heterocycles. The molecule has 0 aliphatic carbocycles. The molecule has 2 fully saturated rings. The van der Waals surface area contributed by atoms with E-state index in [1.807, 2.05) is 0 Å². The Morgan fingerprint density at radius 2 is 2.44 bits per heavy atom. The number of likely N-dealkylation sites (tertiary alicyclic amines) is 1. The highest BCUT2D eigenvalue weighted by Crippen LogP contribution is 2.36. The highest BCUT2D eigenvalue weighted by atomic mass is 19.1. The number of hydrogen-bond donors (Lipinski definition) is 2. The molecule has 2 aliphatic heterocycles. The Labute approximate surface area is 144 Å². The minimum absolute atomic E-state index is 0.0217. The fraction of sp³-hybridized carbons (Fsp3) is 0.471. The Morgan fingerprint density at radius 3 is 3.24 bits per heavy atom. The summed E-state index contributed by atoms with van der Waals surface area (Å²) in [5, 5.41) is 3.12. The summed E-state index contributed by atoms with van der Waals surface area (Å²) in [6.07, 6.45) is 7.08. The van der Waals surface area contributed by atoms with E-state index in [0.717, 1.165) is 19.3 Å². The first-order valence-electron chi connectivity index (χ1n) is 8.44. The van der Waals surface area contributed by atoms with Crippen LogP contribution in [-0.4, -0.2) is 57.1 Å². The second-order valence-electron chi connectivity index (χ2n) is 6.67. The van der Waals surface area contributed by atoms with E-state index in [4.69, 9.17) is 4.74 Å². The summed E-state index contributed by atoms with van der Waals surface area (Å²) < 4.78 is 19.8. The van der Waals surface area contributed by atoms with Crippen LogP contribution in [0.2, 0.25) is 0 Å². The van der Waals surface area contributed by atoms with Crippen LogP contribution < -0.4 is 5.32 Å². The SMILES string of the molecule is O=C(c1cnc[nH]1)N1CCCC2(CC(Nc3ncccc3F)CO2)C1. The number of imidazole rings is 1. The van der Waals surface area contributed by atoms with Crippen LogP contribution in [0.15, 0.2) is 30.9 Å². The highest BCUT2D eigenvalue weighted by Gasteiger charge is 2.45. The van der Waals surface area contributed by atoms with Crippen molar-refractivity contribution >= 4 is 11.7 Å². The highest BCUT2D eigenvalue weighted by molar-refractivity contribution is 5.92. The summed E-state index contributed by atoms with van der Waals surface area (Å²) in [5.74, 6) is -0.190. The number of rotatable bonds is 3. The van der Waals surface area contributed by atoms with Crippen molar-refractivity contribution in [2.24, 2.45) is 0 Å². The lowest BCUT2D eigenvalue weighted by atomic mass is 9.88. The molecule has 2 aliphatic rings. The topological polar surface area (TPSA) is 83.1 Å². The third-order valence-electron chi connectivity index (χ3n) is 4.86. The van der Waals surface area contributed by atoms with Crippen LogP contribution in [-0.2, 0) is 4.74 Å². The molecule has 2 unspecified atom stereocenters. The smallest absolute Gasteiger partial charge is 0.272 e. The van der Waals surface area contributed by atoms with Gasteiger partial charge in [0.2, 0.25) is 0 Å². The van der Waals surface area contributed by atoms with Gasteiger partial charge in [-0.05, 0) is 25.0 Å². The number of aromatic nitrogens is 3. The Morgan fingerprint density at radius 1 is 1.52 bits per heavy atom. The summed E-state index contributed by atoms with van der Waals surface area (Å²) in [5.41, 5.74) is 0.108. The van der Waals surface area contributed by atoms with Crippen LogP contribution >= 0.6 is 0 Å². The van der Waals surface area contributed by atoms with Crippen molar-refractivity contribution in [3.05, 3.63) is 42.4 Å². The second-order valence-corrected chi connectivity index (χ2v) is 6.67. The van der Waals surface area contributed by atoms with Gasteiger partial charge in [-0.2, -0.15) is 0 Å². The minimum Gasteiger partial charge on any atom is -0.371 e. The van der Waals surface area contributed by atoms with Crippen LogP contribution in [0.1, 0.15) is 29.8 Å². The van der Waals surface area contributed by atoms with Crippen LogP contribution in [0, 0.1) is 5.82 Å². The maximum atomic E-state index is 13.8. The zero-order valence-electron chi connectivity index (χ0n) is 13.7. The van der Waals surface area contributed by atoms with Gasteiger partial charge < -0.3 is 19.9 Å².